The molecule has 0 aromatic heterocycles. The molecular formula is C32H38ClN3O5S. The molecule has 1 fully saturated rings. The predicted octanol–water partition coefficient (Wildman–Crippen LogP) is 5.72. The number of sulfonamides is 1. The summed E-state index contributed by atoms with van der Waals surface area (Å²) >= 11 is 6.08. The number of nitrogens with one attached hydrogen (secondary N) is 1. The van der Waals surface area contributed by atoms with Gasteiger partial charge in [0.05, 0.1) is 17.7 Å². The van der Waals surface area contributed by atoms with E-state index in [1.54, 1.807) is 67.6 Å². The molecule has 1 aliphatic carbocycles. The molecule has 0 spiro atoms. The Bertz CT molecular complexity index is 1460. The van der Waals surface area contributed by atoms with E-state index in [0.717, 1.165) is 47.5 Å². The summed E-state index contributed by atoms with van der Waals surface area (Å²) in [6, 6.07) is 19.2. The van der Waals surface area contributed by atoms with E-state index in [9.17, 15) is 18.0 Å². The van der Waals surface area contributed by atoms with Crippen LogP contribution in [0, 0.1) is 6.92 Å². The van der Waals surface area contributed by atoms with Crippen LogP contribution >= 0.6 is 11.6 Å². The molecule has 1 N–H and O–H groups in total. The van der Waals surface area contributed by atoms with Crippen molar-refractivity contribution in [3.05, 3.63) is 88.9 Å². The number of halogens is 1. The quantitative estimate of drug-likeness (QED) is 0.299. The fourth-order valence-electron chi connectivity index (χ4n) is 5.05. The van der Waals surface area contributed by atoms with Gasteiger partial charge in [-0.05, 0) is 80.8 Å². The van der Waals surface area contributed by atoms with E-state index in [0.29, 0.717) is 16.5 Å². The minimum Gasteiger partial charge on any atom is -0.497 e. The van der Waals surface area contributed by atoms with Gasteiger partial charge in [0.25, 0.3) is 10.0 Å². The van der Waals surface area contributed by atoms with Crippen LogP contribution in [-0.4, -0.2) is 50.9 Å². The Labute approximate surface area is 253 Å². The highest BCUT2D eigenvalue weighted by atomic mass is 35.5. The first-order chi connectivity index (χ1) is 20.1. The highest BCUT2D eigenvalue weighted by Gasteiger charge is 2.33. The van der Waals surface area contributed by atoms with Gasteiger partial charge in [-0.25, -0.2) is 8.42 Å². The highest BCUT2D eigenvalue weighted by molar-refractivity contribution is 7.92. The molecule has 1 aliphatic rings. The lowest BCUT2D eigenvalue weighted by molar-refractivity contribution is -0.139. The number of anilines is 1. The molecule has 2 amide bonds. The maximum absolute atomic E-state index is 14.1. The Morgan fingerprint density at radius 2 is 1.57 bits per heavy atom. The molecule has 10 heteroatoms. The van der Waals surface area contributed by atoms with E-state index in [-0.39, 0.29) is 23.4 Å². The van der Waals surface area contributed by atoms with Crippen molar-refractivity contribution in [1.29, 1.82) is 0 Å². The summed E-state index contributed by atoms with van der Waals surface area (Å²) in [7, 11) is -2.65. The summed E-state index contributed by atoms with van der Waals surface area (Å²) in [6.45, 7) is 3.20. The second-order valence-corrected chi connectivity index (χ2v) is 13.0. The third-order valence-electron chi connectivity index (χ3n) is 7.63. The molecule has 224 valence electrons. The molecule has 0 radical (unpaired) electrons. The molecule has 4 rings (SSSR count). The van der Waals surface area contributed by atoms with Gasteiger partial charge in [-0.15, -0.1) is 0 Å². The van der Waals surface area contributed by atoms with Gasteiger partial charge in [0.2, 0.25) is 11.8 Å². The highest BCUT2D eigenvalue weighted by Crippen LogP contribution is 2.27. The summed E-state index contributed by atoms with van der Waals surface area (Å²) in [5, 5.41) is 3.66. The Hall–Kier alpha value is -3.56. The second-order valence-electron chi connectivity index (χ2n) is 10.7. The van der Waals surface area contributed by atoms with E-state index in [1.807, 2.05) is 6.92 Å². The van der Waals surface area contributed by atoms with Gasteiger partial charge in [-0.2, -0.15) is 0 Å². The van der Waals surface area contributed by atoms with Crippen LogP contribution in [0.1, 0.15) is 50.2 Å². The smallest absolute Gasteiger partial charge is 0.264 e. The van der Waals surface area contributed by atoms with Gasteiger partial charge in [-0.1, -0.05) is 60.7 Å². The number of methoxy groups -OCH3 is 1. The number of benzene rings is 3. The van der Waals surface area contributed by atoms with Gasteiger partial charge < -0.3 is 15.0 Å². The SMILES string of the molecule is COc1ccc(S(=O)(=O)N(CC(=O)N(Cc2ccc(Cl)cc2)[C@H](C)C(=O)NC2CCCCC2)c2ccc(C)cc2)cc1. The maximum Gasteiger partial charge on any atom is 0.264 e. The number of hydrogen-bond donors (Lipinski definition) is 1. The third-order valence-corrected chi connectivity index (χ3v) is 9.67. The number of amides is 2. The summed E-state index contributed by atoms with van der Waals surface area (Å²) in [4.78, 5) is 28.9. The number of carbonyl (C=O) groups is 2. The Morgan fingerprint density at radius 1 is 0.952 bits per heavy atom. The zero-order chi connectivity index (χ0) is 30.3. The molecule has 0 saturated heterocycles. The first-order valence-electron chi connectivity index (χ1n) is 14.2. The van der Waals surface area contributed by atoms with E-state index in [2.05, 4.69) is 5.32 Å². The van der Waals surface area contributed by atoms with Gasteiger partial charge in [0.15, 0.2) is 0 Å². The number of rotatable bonds is 11. The Kier molecular flexibility index (Phi) is 10.5. The number of ether oxygens (including phenoxy) is 1. The molecule has 1 saturated carbocycles. The van der Waals surface area contributed by atoms with Crippen molar-refractivity contribution in [2.24, 2.45) is 0 Å². The lowest BCUT2D eigenvalue weighted by Crippen LogP contribution is -2.53. The van der Waals surface area contributed by atoms with Crippen LogP contribution < -0.4 is 14.4 Å². The lowest BCUT2D eigenvalue weighted by Gasteiger charge is -2.33. The number of hydrogen-bond acceptors (Lipinski definition) is 5. The average Bonchev–Trinajstić information content (AvgIpc) is 3.00. The van der Waals surface area contributed by atoms with E-state index in [1.165, 1.54) is 24.1 Å². The van der Waals surface area contributed by atoms with E-state index < -0.39 is 28.5 Å². The van der Waals surface area contributed by atoms with Gasteiger partial charge >= 0.3 is 0 Å². The van der Waals surface area contributed by atoms with Gasteiger partial charge in [-0.3, -0.25) is 13.9 Å². The number of carbonyl (C=O) groups excluding carboxylic acids is 2. The Morgan fingerprint density at radius 3 is 2.17 bits per heavy atom. The standard InChI is InChI=1S/C32H38ClN3O5S/c1-23-9-15-28(16-10-23)36(42(39,40)30-19-17-29(41-3)18-20-30)22-31(37)35(21-25-11-13-26(33)14-12-25)24(2)32(38)34-27-7-5-4-6-8-27/h9-20,24,27H,4-8,21-22H2,1-3H3,(H,34,38)/t24-/m1/s1. The summed E-state index contributed by atoms with van der Waals surface area (Å²) < 4.78 is 34.2. The molecule has 0 heterocycles. The summed E-state index contributed by atoms with van der Waals surface area (Å²) in [5.74, 6) is -0.253. The van der Waals surface area contributed by atoms with Crippen molar-refractivity contribution in [3.8, 4) is 5.75 Å². The minimum absolute atomic E-state index is 0.0176. The van der Waals surface area contributed by atoms with Crippen LogP contribution in [0.15, 0.2) is 77.7 Å². The normalized spacial score (nSPS) is 14.6. The zero-order valence-corrected chi connectivity index (χ0v) is 25.8. The Balaban J connectivity index is 1.66. The number of aryl methyl sites for hydroxylation is 1. The molecule has 3 aromatic carbocycles. The van der Waals surface area contributed by atoms with Crippen LogP contribution in [0.25, 0.3) is 0 Å². The van der Waals surface area contributed by atoms with Crippen LogP contribution in [0.3, 0.4) is 0 Å². The summed E-state index contributed by atoms with van der Waals surface area (Å²) in [5.41, 5.74) is 2.06. The largest absolute Gasteiger partial charge is 0.497 e. The van der Waals surface area contributed by atoms with E-state index >= 15 is 0 Å². The molecule has 0 unspecified atom stereocenters. The van der Waals surface area contributed by atoms with Crippen molar-refractivity contribution in [1.82, 2.24) is 10.2 Å². The first kappa shape index (κ1) is 31.4. The topological polar surface area (TPSA) is 96.0 Å². The van der Waals surface area contributed by atoms with Crippen molar-refractivity contribution < 1.29 is 22.7 Å². The van der Waals surface area contributed by atoms with Gasteiger partial charge in [0.1, 0.15) is 18.3 Å². The fraction of sp³-hybridized carbons (Fsp3) is 0.375. The van der Waals surface area contributed by atoms with Gasteiger partial charge in [0, 0.05) is 17.6 Å². The maximum atomic E-state index is 14.1. The van der Waals surface area contributed by atoms with Crippen molar-refractivity contribution >= 4 is 39.1 Å². The first-order valence-corrected chi connectivity index (χ1v) is 16.0. The number of nitrogens with zero attached hydrogens (tertiary/aromatic N) is 2. The zero-order valence-electron chi connectivity index (χ0n) is 24.3. The third kappa shape index (κ3) is 7.83. The average molecular weight is 612 g/mol. The van der Waals surface area contributed by atoms with Crippen molar-refractivity contribution in [3.63, 3.8) is 0 Å². The van der Waals surface area contributed by atoms with Crippen molar-refractivity contribution in [2.45, 2.75) is 69.5 Å². The molecule has 8 nitrogen and oxygen atoms in total. The van der Waals surface area contributed by atoms with E-state index in [4.69, 9.17) is 16.3 Å². The molecule has 1 atom stereocenters. The predicted molar refractivity (Wildman–Crippen MR) is 165 cm³/mol. The molecule has 0 bridgehead atoms. The molecule has 3 aromatic rings. The second kappa shape index (κ2) is 14.1. The van der Waals surface area contributed by atoms with Crippen LogP contribution in [0.2, 0.25) is 5.02 Å². The summed E-state index contributed by atoms with van der Waals surface area (Å²) in [6.07, 6.45) is 5.08. The van der Waals surface area contributed by atoms with Crippen LogP contribution in [0.4, 0.5) is 5.69 Å². The van der Waals surface area contributed by atoms with Crippen LogP contribution in [-0.2, 0) is 26.2 Å². The molecule has 42 heavy (non-hydrogen) atoms. The van der Waals surface area contributed by atoms with Crippen molar-refractivity contribution in [2.75, 3.05) is 18.0 Å². The van der Waals surface area contributed by atoms with Crippen LogP contribution in [0.5, 0.6) is 5.75 Å². The lowest BCUT2D eigenvalue weighted by atomic mass is 9.95. The fourth-order valence-corrected chi connectivity index (χ4v) is 6.59. The molecular weight excluding hydrogens is 574 g/mol. The minimum atomic E-state index is -4.16. The molecule has 0 aliphatic heterocycles. The monoisotopic (exact) mass is 611 g/mol.